The number of nitrogens with two attached hydrogens (primary N) is 1. The van der Waals surface area contributed by atoms with E-state index in [4.69, 9.17) is 10.5 Å². The molecule has 5 nitrogen and oxygen atoms in total. The number of rotatable bonds is 8. The fourth-order valence-electron chi connectivity index (χ4n) is 2.32. The normalized spacial score (nSPS) is 10.9. The molecule has 6 heteroatoms. The molecule has 0 aliphatic heterocycles. The number of allylic oxidation sites excluding steroid dienone is 2. The van der Waals surface area contributed by atoms with E-state index >= 15 is 0 Å². The molecule has 0 aliphatic rings. The maximum atomic E-state index is 13.4. The third-order valence-corrected chi connectivity index (χ3v) is 3.70. The van der Waals surface area contributed by atoms with Gasteiger partial charge in [0.15, 0.2) is 0 Å². The van der Waals surface area contributed by atoms with Gasteiger partial charge in [-0.2, -0.15) is 4.39 Å². The van der Waals surface area contributed by atoms with Crippen LogP contribution in [-0.4, -0.2) is 17.5 Å². The molecule has 0 atom stereocenters. The topological polar surface area (TPSA) is 77.2 Å². The molecule has 0 aliphatic carbocycles. The van der Waals surface area contributed by atoms with Gasteiger partial charge in [-0.25, -0.2) is 4.98 Å². The lowest BCUT2D eigenvalue weighted by Crippen LogP contribution is -2.16. The summed E-state index contributed by atoms with van der Waals surface area (Å²) in [5.74, 6) is -0.593. The highest BCUT2D eigenvalue weighted by Crippen LogP contribution is 2.20. The van der Waals surface area contributed by atoms with Crippen LogP contribution in [0.15, 0.2) is 42.5 Å². The zero-order chi connectivity index (χ0) is 18.9. The number of nitrogens with one attached hydrogen (secondary N) is 1. The van der Waals surface area contributed by atoms with Crippen molar-refractivity contribution in [2.75, 3.05) is 17.7 Å². The van der Waals surface area contributed by atoms with Crippen molar-refractivity contribution in [1.29, 1.82) is 0 Å². The van der Waals surface area contributed by atoms with Crippen molar-refractivity contribution in [1.82, 2.24) is 4.98 Å². The third kappa shape index (κ3) is 5.58. The second-order valence-corrected chi connectivity index (χ2v) is 5.88. The molecule has 1 aromatic heterocycles. The number of hydrogen-bond donors (Lipinski definition) is 2. The second-order valence-electron chi connectivity index (χ2n) is 5.88. The van der Waals surface area contributed by atoms with Crippen molar-refractivity contribution in [3.63, 3.8) is 0 Å². The molecule has 0 fully saturated rings. The van der Waals surface area contributed by atoms with Crippen molar-refractivity contribution in [3.8, 4) is 5.75 Å². The summed E-state index contributed by atoms with van der Waals surface area (Å²) < 4.78 is 19.1. The minimum absolute atomic E-state index is 0.137. The summed E-state index contributed by atoms with van der Waals surface area (Å²) in [7, 11) is 0. The maximum absolute atomic E-state index is 13.4. The van der Waals surface area contributed by atoms with Crippen LogP contribution in [0.1, 0.15) is 42.1 Å². The number of nitrogen functional groups attached to an aromatic ring is 1. The van der Waals surface area contributed by atoms with Gasteiger partial charge in [-0.1, -0.05) is 25.1 Å². The van der Waals surface area contributed by atoms with Gasteiger partial charge in [0.05, 0.1) is 12.2 Å². The number of pyridine rings is 1. The van der Waals surface area contributed by atoms with E-state index in [1.807, 2.05) is 6.07 Å². The van der Waals surface area contributed by atoms with Gasteiger partial charge in [-0.05, 0) is 44.4 Å². The Morgan fingerprint density at radius 2 is 2.15 bits per heavy atom. The van der Waals surface area contributed by atoms with Gasteiger partial charge in [0.25, 0.3) is 5.91 Å². The van der Waals surface area contributed by atoms with Gasteiger partial charge in [0.1, 0.15) is 11.6 Å². The molecule has 0 radical (unpaired) electrons. The minimum Gasteiger partial charge on any atom is -0.494 e. The number of hydrogen-bond acceptors (Lipinski definition) is 4. The van der Waals surface area contributed by atoms with Gasteiger partial charge in [0.2, 0.25) is 5.95 Å². The number of anilines is 2. The van der Waals surface area contributed by atoms with Crippen LogP contribution in [0, 0.1) is 12.9 Å². The lowest BCUT2D eigenvalue weighted by Gasteiger charge is -2.10. The van der Waals surface area contributed by atoms with Crippen molar-refractivity contribution in [2.24, 2.45) is 0 Å². The van der Waals surface area contributed by atoms with Crippen molar-refractivity contribution in [3.05, 3.63) is 59.6 Å². The number of halogens is 1. The Balaban J connectivity index is 1.96. The number of amides is 1. The summed E-state index contributed by atoms with van der Waals surface area (Å²) in [4.78, 5) is 15.9. The highest BCUT2D eigenvalue weighted by molar-refractivity contribution is 6.07. The average molecular weight is 357 g/mol. The molecule has 0 saturated carbocycles. The molecule has 3 N–H and O–H groups in total. The largest absolute Gasteiger partial charge is 0.494 e. The number of benzene rings is 1. The summed E-state index contributed by atoms with van der Waals surface area (Å²) in [5, 5.41) is 2.73. The van der Waals surface area contributed by atoms with E-state index in [-0.39, 0.29) is 16.9 Å². The monoisotopic (exact) mass is 357 g/mol. The summed E-state index contributed by atoms with van der Waals surface area (Å²) in [5.41, 5.74) is 6.62. The fourth-order valence-corrected chi connectivity index (χ4v) is 2.32. The van der Waals surface area contributed by atoms with Crippen LogP contribution in [-0.2, 0) is 0 Å². The van der Waals surface area contributed by atoms with Crippen LogP contribution in [0.25, 0.3) is 0 Å². The first-order valence-corrected chi connectivity index (χ1v) is 8.63. The first kappa shape index (κ1) is 19.4. The third-order valence-electron chi connectivity index (χ3n) is 3.70. The van der Waals surface area contributed by atoms with Crippen molar-refractivity contribution < 1.29 is 13.9 Å². The molecule has 1 aromatic carbocycles. The van der Waals surface area contributed by atoms with Crippen LogP contribution >= 0.6 is 0 Å². The van der Waals surface area contributed by atoms with E-state index in [1.165, 1.54) is 13.0 Å². The number of carbonyl (C=O) groups is 1. The predicted octanol–water partition coefficient (Wildman–Crippen LogP) is 4.49. The van der Waals surface area contributed by atoms with Gasteiger partial charge < -0.3 is 15.8 Å². The van der Waals surface area contributed by atoms with E-state index < -0.39 is 11.9 Å². The summed E-state index contributed by atoms with van der Waals surface area (Å²) in [6, 6.07) is 8.49. The first-order valence-electron chi connectivity index (χ1n) is 8.63. The first-order chi connectivity index (χ1) is 12.5. The number of carbonyl (C=O) groups excluding carboxylic acids is 1. The highest BCUT2D eigenvalue weighted by atomic mass is 19.1. The fraction of sp³-hybridized carbons (Fsp3) is 0.300. The Hall–Kier alpha value is -2.89. The van der Waals surface area contributed by atoms with Crippen molar-refractivity contribution in [2.45, 2.75) is 33.1 Å². The maximum Gasteiger partial charge on any atom is 0.259 e. The molecule has 2 aromatic rings. The lowest BCUT2D eigenvalue weighted by atomic mass is 10.1. The van der Waals surface area contributed by atoms with Gasteiger partial charge in [-0.3, -0.25) is 4.79 Å². The molecule has 1 amide bonds. The molecule has 2 rings (SSSR count). The zero-order valence-corrected chi connectivity index (χ0v) is 15.1. The predicted molar refractivity (Wildman–Crippen MR) is 102 cm³/mol. The quantitative estimate of drug-likeness (QED) is 0.415. The Bertz CT molecular complexity index is 791. The van der Waals surface area contributed by atoms with E-state index in [2.05, 4.69) is 29.4 Å². The smallest absolute Gasteiger partial charge is 0.259 e. The Morgan fingerprint density at radius 1 is 1.35 bits per heavy atom. The van der Waals surface area contributed by atoms with E-state index in [1.54, 1.807) is 18.2 Å². The van der Waals surface area contributed by atoms with Gasteiger partial charge in [-0.15, -0.1) is 0 Å². The Kier molecular flexibility index (Phi) is 7.14. The summed E-state index contributed by atoms with van der Waals surface area (Å²) in [6.07, 6.45) is 7.21. The molecule has 0 saturated heterocycles. The molecular weight excluding hydrogens is 333 g/mol. The van der Waals surface area contributed by atoms with Crippen molar-refractivity contribution >= 4 is 17.4 Å². The average Bonchev–Trinajstić information content (AvgIpc) is 2.61. The van der Waals surface area contributed by atoms with Crippen LogP contribution in [0.5, 0.6) is 5.75 Å². The highest BCUT2D eigenvalue weighted by Gasteiger charge is 2.14. The SMILES string of the molecule is CCC=CCCCOc1cccc(NC(=O)c2cc(C)c(F)nc2N)c1. The van der Waals surface area contributed by atoms with E-state index in [0.717, 1.165) is 19.3 Å². The van der Waals surface area contributed by atoms with Crippen LogP contribution in [0.3, 0.4) is 0 Å². The number of aromatic nitrogens is 1. The molecule has 138 valence electrons. The number of nitrogens with zero attached hydrogens (tertiary/aromatic N) is 1. The van der Waals surface area contributed by atoms with Gasteiger partial charge >= 0.3 is 0 Å². The Labute approximate surface area is 153 Å². The Morgan fingerprint density at radius 3 is 2.92 bits per heavy atom. The molecule has 0 bridgehead atoms. The second kappa shape index (κ2) is 9.56. The number of aryl methyl sites for hydroxylation is 1. The number of unbranched alkanes of at least 4 members (excludes halogenated alkanes) is 1. The minimum atomic E-state index is -0.678. The van der Waals surface area contributed by atoms with E-state index in [9.17, 15) is 9.18 Å². The zero-order valence-electron chi connectivity index (χ0n) is 15.1. The van der Waals surface area contributed by atoms with E-state index in [0.29, 0.717) is 18.0 Å². The van der Waals surface area contributed by atoms with Crippen LogP contribution < -0.4 is 15.8 Å². The van der Waals surface area contributed by atoms with Gasteiger partial charge in [0, 0.05) is 17.3 Å². The molecule has 1 heterocycles. The standard InChI is InChI=1S/C20H24FN3O2/c1-3-4-5-6-7-11-26-16-10-8-9-15(13-16)23-20(25)17-12-14(2)18(21)24-19(17)22/h4-5,8-10,12-13H,3,6-7,11H2,1-2H3,(H2,22,24)(H,23,25). The number of ether oxygens (including phenoxy) is 1. The van der Waals surface area contributed by atoms with Crippen LogP contribution in [0.4, 0.5) is 15.9 Å². The summed E-state index contributed by atoms with van der Waals surface area (Å²) >= 11 is 0. The molecule has 0 spiro atoms. The molecule has 0 unspecified atom stereocenters. The van der Waals surface area contributed by atoms with Crippen LogP contribution in [0.2, 0.25) is 0 Å². The molecular formula is C20H24FN3O2. The molecule has 26 heavy (non-hydrogen) atoms. The summed E-state index contributed by atoms with van der Waals surface area (Å²) in [6.45, 7) is 4.23. The lowest BCUT2D eigenvalue weighted by molar-refractivity contribution is 0.102.